The molecule has 1 aliphatic carbocycles. The van der Waals surface area contributed by atoms with Gasteiger partial charge >= 0.3 is 5.97 Å². The Hall–Kier alpha value is -1.75. The molecule has 0 aromatic carbocycles. The van der Waals surface area contributed by atoms with Gasteiger partial charge in [-0.15, -0.1) is 0 Å². The molecule has 2 N–H and O–H groups in total. The molecule has 0 radical (unpaired) electrons. The number of hydrogen-bond acceptors (Lipinski definition) is 5. The molecule has 0 aliphatic heterocycles. The number of aliphatic hydroxyl groups excluding tert-OH is 2. The van der Waals surface area contributed by atoms with Crippen molar-refractivity contribution >= 4 is 5.97 Å². The van der Waals surface area contributed by atoms with E-state index in [0.29, 0.717) is 17.8 Å². The molecule has 0 saturated heterocycles. The van der Waals surface area contributed by atoms with Crippen LogP contribution in [0.5, 0.6) is 0 Å². The number of aliphatic hydroxyl groups is 2. The van der Waals surface area contributed by atoms with Gasteiger partial charge < -0.3 is 19.7 Å². The summed E-state index contributed by atoms with van der Waals surface area (Å²) in [6.07, 6.45) is 4.76. The van der Waals surface area contributed by atoms with Crippen LogP contribution in [0.4, 0.5) is 0 Å². The molecule has 5 heteroatoms. The van der Waals surface area contributed by atoms with E-state index in [2.05, 4.69) is 4.74 Å². The van der Waals surface area contributed by atoms with Crippen molar-refractivity contribution < 1.29 is 24.5 Å². The summed E-state index contributed by atoms with van der Waals surface area (Å²) >= 11 is 0. The zero-order valence-electron chi connectivity index (χ0n) is 13.1. The van der Waals surface area contributed by atoms with E-state index in [1.165, 1.54) is 26.4 Å². The van der Waals surface area contributed by atoms with Gasteiger partial charge in [0.05, 0.1) is 19.8 Å². The smallest absolute Gasteiger partial charge is 0.337 e. The molecule has 5 nitrogen and oxygen atoms in total. The summed E-state index contributed by atoms with van der Waals surface area (Å²) in [5, 5.41) is 17.5. The lowest BCUT2D eigenvalue weighted by atomic mass is 10.2. The predicted molar refractivity (Wildman–Crippen MR) is 79.2 cm³/mol. The van der Waals surface area contributed by atoms with Gasteiger partial charge in [0.15, 0.2) is 5.76 Å². The quantitative estimate of drug-likeness (QED) is 0.763. The highest BCUT2D eigenvalue weighted by atomic mass is 16.5. The number of rotatable bonds is 2. The van der Waals surface area contributed by atoms with Crippen LogP contribution in [-0.2, 0) is 14.3 Å². The van der Waals surface area contributed by atoms with Crippen LogP contribution in [0.15, 0.2) is 35.3 Å². The molecule has 0 saturated carbocycles. The number of carbonyl (C=O) groups is 1. The highest BCUT2D eigenvalue weighted by Crippen LogP contribution is 2.17. The van der Waals surface area contributed by atoms with Crippen molar-refractivity contribution in [1.29, 1.82) is 0 Å². The molecule has 0 amide bonds. The van der Waals surface area contributed by atoms with Gasteiger partial charge in [-0.2, -0.15) is 0 Å². The summed E-state index contributed by atoms with van der Waals surface area (Å²) in [7, 11) is 2.78. The fourth-order valence-electron chi connectivity index (χ4n) is 1.09. The Labute approximate surface area is 121 Å². The van der Waals surface area contributed by atoms with Crippen molar-refractivity contribution in [2.75, 3.05) is 14.2 Å². The highest BCUT2D eigenvalue weighted by molar-refractivity contribution is 5.91. The molecule has 1 aliphatic rings. The van der Waals surface area contributed by atoms with Gasteiger partial charge in [0.2, 0.25) is 0 Å². The second-order valence-corrected chi connectivity index (χ2v) is 3.79. The van der Waals surface area contributed by atoms with Crippen LogP contribution >= 0.6 is 0 Å². The first kappa shape index (κ1) is 20.6. The minimum Gasteiger partial charge on any atom is -0.504 e. The van der Waals surface area contributed by atoms with Gasteiger partial charge in [-0.25, -0.2) is 4.79 Å². The summed E-state index contributed by atoms with van der Waals surface area (Å²) in [5.41, 5.74) is 0.408. The molecular weight excluding hydrogens is 260 g/mol. The lowest BCUT2D eigenvalue weighted by Gasteiger charge is -2.02. The Morgan fingerprint density at radius 2 is 1.75 bits per heavy atom. The maximum Gasteiger partial charge on any atom is 0.337 e. The first-order chi connectivity index (χ1) is 9.42. The van der Waals surface area contributed by atoms with E-state index in [4.69, 9.17) is 9.84 Å². The molecule has 20 heavy (non-hydrogen) atoms. The molecule has 0 atom stereocenters. The third kappa shape index (κ3) is 9.22. The third-order valence-corrected chi connectivity index (χ3v) is 1.88. The van der Waals surface area contributed by atoms with Gasteiger partial charge in [0.25, 0.3) is 0 Å². The molecule has 0 aromatic heterocycles. The molecule has 0 bridgehead atoms. The number of esters is 1. The number of allylic oxidation sites excluding steroid dienone is 2. The maximum absolute atomic E-state index is 11.1. The monoisotopic (exact) mass is 286 g/mol. The number of carbonyl (C=O) groups excluding carboxylic acids is 1. The van der Waals surface area contributed by atoms with Crippen LogP contribution < -0.4 is 0 Å². The third-order valence-electron chi connectivity index (χ3n) is 1.88. The lowest BCUT2D eigenvalue weighted by molar-refractivity contribution is -0.135. The van der Waals surface area contributed by atoms with E-state index in [0.717, 1.165) is 0 Å². The van der Waals surface area contributed by atoms with E-state index >= 15 is 0 Å². The van der Waals surface area contributed by atoms with Crippen molar-refractivity contribution in [2.24, 2.45) is 0 Å². The van der Waals surface area contributed by atoms with Crippen molar-refractivity contribution in [3.63, 3.8) is 0 Å². The first-order valence-electron chi connectivity index (χ1n) is 6.53. The van der Waals surface area contributed by atoms with Gasteiger partial charge in [-0.1, -0.05) is 19.9 Å². The largest absolute Gasteiger partial charge is 0.504 e. The molecule has 0 aromatic rings. The lowest BCUT2D eigenvalue weighted by Crippen LogP contribution is -2.02. The van der Waals surface area contributed by atoms with Crippen molar-refractivity contribution in [3.8, 4) is 0 Å². The van der Waals surface area contributed by atoms with Crippen molar-refractivity contribution in [3.05, 3.63) is 35.3 Å². The minimum absolute atomic E-state index is 0.0302. The Morgan fingerprint density at radius 1 is 1.25 bits per heavy atom. The molecule has 0 unspecified atom stereocenters. The van der Waals surface area contributed by atoms with Crippen LogP contribution in [0.2, 0.25) is 0 Å². The Kier molecular flexibility index (Phi) is 12.6. The first-order valence-corrected chi connectivity index (χ1v) is 6.53. The maximum atomic E-state index is 11.1. The summed E-state index contributed by atoms with van der Waals surface area (Å²) in [5.74, 6) is 0.0363. The summed E-state index contributed by atoms with van der Waals surface area (Å²) in [6, 6.07) is 0. The Balaban J connectivity index is 0. The Bertz CT molecular complexity index is 362. The number of hydrogen-bond donors (Lipinski definition) is 2. The van der Waals surface area contributed by atoms with E-state index in [1.54, 1.807) is 19.9 Å². The summed E-state index contributed by atoms with van der Waals surface area (Å²) in [6.45, 7) is 7.44. The molecule has 0 spiro atoms. The van der Waals surface area contributed by atoms with Crippen LogP contribution in [-0.4, -0.2) is 36.5 Å². The number of ether oxygens (including phenoxy) is 2. The minimum atomic E-state index is -0.425. The molecule has 0 heterocycles. The van der Waals surface area contributed by atoms with Crippen molar-refractivity contribution in [1.82, 2.24) is 0 Å². The Morgan fingerprint density at radius 3 is 2.15 bits per heavy atom. The zero-order valence-corrected chi connectivity index (χ0v) is 13.1. The highest BCUT2D eigenvalue weighted by Gasteiger charge is 2.11. The number of methoxy groups -OCH3 is 2. The fraction of sp³-hybridized carbons (Fsp3) is 0.533. The van der Waals surface area contributed by atoms with Crippen LogP contribution in [0.3, 0.4) is 0 Å². The average molecular weight is 286 g/mol. The zero-order chi connectivity index (χ0) is 16.1. The van der Waals surface area contributed by atoms with E-state index < -0.39 is 5.97 Å². The van der Waals surface area contributed by atoms with Gasteiger partial charge in [-0.05, 0) is 26.0 Å². The fourth-order valence-corrected chi connectivity index (χ4v) is 1.09. The van der Waals surface area contributed by atoms with E-state index in [-0.39, 0.29) is 11.9 Å². The SMILES string of the molecule is CC.CC(C)O.COC(=O)C1=CCC(OC)=C(O)C=C1. The van der Waals surface area contributed by atoms with Crippen LogP contribution in [0.1, 0.15) is 34.1 Å². The predicted octanol–water partition coefficient (Wildman–Crippen LogP) is 2.88. The second kappa shape index (κ2) is 12.3. The van der Waals surface area contributed by atoms with Crippen LogP contribution in [0.25, 0.3) is 0 Å². The average Bonchev–Trinajstić information content (AvgIpc) is 2.61. The van der Waals surface area contributed by atoms with E-state index in [9.17, 15) is 9.90 Å². The van der Waals surface area contributed by atoms with Gasteiger partial charge in [0, 0.05) is 12.5 Å². The summed E-state index contributed by atoms with van der Waals surface area (Å²) < 4.78 is 9.48. The second-order valence-electron chi connectivity index (χ2n) is 3.79. The molecule has 0 fully saturated rings. The van der Waals surface area contributed by atoms with E-state index in [1.807, 2.05) is 13.8 Å². The van der Waals surface area contributed by atoms with Gasteiger partial charge in [-0.3, -0.25) is 0 Å². The van der Waals surface area contributed by atoms with Gasteiger partial charge in [0.1, 0.15) is 5.76 Å². The molecular formula is C15H26O5. The molecule has 1 rings (SSSR count). The summed E-state index contributed by atoms with van der Waals surface area (Å²) in [4.78, 5) is 11.1. The van der Waals surface area contributed by atoms with Crippen molar-refractivity contribution in [2.45, 2.75) is 40.2 Å². The normalized spacial score (nSPS) is 13.3. The van der Waals surface area contributed by atoms with Crippen LogP contribution in [0, 0.1) is 0 Å². The molecule has 116 valence electrons. The standard InChI is InChI=1S/C10H12O4.C3H8O.C2H6/c1-13-9-6-4-7(10(12)14-2)3-5-8(9)11;1-3(2)4;1-2/h3-5,11H,6H2,1-2H3;3-4H,1-2H3;1-2H3. The topological polar surface area (TPSA) is 76.0 Å².